The Kier molecular flexibility index (Phi) is 7.26. The average molecular weight is 507 g/mol. The Morgan fingerprint density at radius 1 is 1.15 bits per heavy atom. The van der Waals surface area contributed by atoms with Crippen LogP contribution in [-0.2, 0) is 15.1 Å². The number of amides is 2. The molecule has 1 atom stereocenters. The van der Waals surface area contributed by atoms with E-state index in [-0.39, 0.29) is 45.5 Å². The molecule has 10 heteroatoms. The van der Waals surface area contributed by atoms with Crippen molar-refractivity contribution in [1.29, 1.82) is 0 Å². The van der Waals surface area contributed by atoms with Gasteiger partial charge in [0.2, 0.25) is 0 Å². The van der Waals surface area contributed by atoms with E-state index in [1.54, 1.807) is 45.1 Å². The smallest absolute Gasteiger partial charge is 0.407 e. The molecule has 0 radical (unpaired) electrons. The van der Waals surface area contributed by atoms with Gasteiger partial charge in [-0.3, -0.25) is 4.79 Å². The highest BCUT2D eigenvalue weighted by atomic mass is 35.5. The number of rotatable bonds is 6. The fourth-order valence-corrected chi connectivity index (χ4v) is 4.23. The number of aromatic carboxylic acids is 1. The number of ether oxygens (including phenoxy) is 1. The lowest BCUT2D eigenvalue weighted by Gasteiger charge is -2.24. The molecular weight excluding hydrogens is 483 g/mol. The van der Waals surface area contributed by atoms with Crippen molar-refractivity contribution in [3.63, 3.8) is 0 Å². The summed E-state index contributed by atoms with van der Waals surface area (Å²) in [6.07, 6.45) is 2.61. The molecule has 1 aliphatic rings. The van der Waals surface area contributed by atoms with Crippen molar-refractivity contribution in [2.75, 3.05) is 18.0 Å². The maximum Gasteiger partial charge on any atom is 0.407 e. The molecule has 1 unspecified atom stereocenters. The van der Waals surface area contributed by atoms with Crippen LogP contribution in [0.25, 0.3) is 0 Å². The second-order valence-electron chi connectivity index (χ2n) is 8.62. The van der Waals surface area contributed by atoms with Crippen LogP contribution in [0.5, 0.6) is 0 Å². The van der Waals surface area contributed by atoms with Crippen LogP contribution in [0.15, 0.2) is 48.6 Å². The van der Waals surface area contributed by atoms with E-state index in [9.17, 15) is 24.6 Å². The van der Waals surface area contributed by atoms with Crippen LogP contribution >= 0.6 is 23.2 Å². The highest BCUT2D eigenvalue weighted by Crippen LogP contribution is 2.49. The third-order valence-corrected chi connectivity index (χ3v) is 5.63. The van der Waals surface area contributed by atoms with Crippen LogP contribution in [0.1, 0.15) is 42.3 Å². The Labute approximate surface area is 206 Å². The highest BCUT2D eigenvalue weighted by molar-refractivity contribution is 6.35. The third kappa shape index (κ3) is 5.04. The molecule has 8 nitrogen and oxygen atoms in total. The van der Waals surface area contributed by atoms with Gasteiger partial charge in [-0.25, -0.2) is 9.59 Å². The minimum absolute atomic E-state index is 0.0198. The molecule has 3 rings (SSSR count). The van der Waals surface area contributed by atoms with Crippen molar-refractivity contribution in [2.45, 2.75) is 32.0 Å². The summed E-state index contributed by atoms with van der Waals surface area (Å²) in [5.74, 6) is -1.97. The van der Waals surface area contributed by atoms with E-state index in [0.717, 1.165) is 0 Å². The Morgan fingerprint density at radius 3 is 2.44 bits per heavy atom. The number of anilines is 1. The summed E-state index contributed by atoms with van der Waals surface area (Å²) in [4.78, 5) is 38.0. The molecule has 180 valence electrons. The summed E-state index contributed by atoms with van der Waals surface area (Å²) in [6.45, 7) is 5.35. The standard InChI is InChI=1S/C24H24Cl2N2O6/c1-23(2,3)34-22(32)27-10-6-7-11-28-18-13-14(20(29)30)12-17(26)19(18)24(33,21(28)31)15-8-4-5-9-16(15)25/h4-9,12-13,33H,10-11H2,1-3H3,(H,27,32)(H,29,30). The van der Waals surface area contributed by atoms with E-state index in [2.05, 4.69) is 5.32 Å². The largest absolute Gasteiger partial charge is 0.478 e. The van der Waals surface area contributed by atoms with Crippen molar-refractivity contribution in [1.82, 2.24) is 5.32 Å². The predicted octanol–water partition coefficient (Wildman–Crippen LogP) is 4.36. The summed E-state index contributed by atoms with van der Waals surface area (Å²) >= 11 is 12.7. The van der Waals surface area contributed by atoms with E-state index < -0.39 is 29.2 Å². The van der Waals surface area contributed by atoms with Crippen LogP contribution < -0.4 is 10.2 Å². The van der Waals surface area contributed by atoms with Crippen LogP contribution in [0.2, 0.25) is 10.0 Å². The normalized spacial score (nSPS) is 17.7. The van der Waals surface area contributed by atoms with Gasteiger partial charge in [0.1, 0.15) is 5.60 Å². The zero-order chi connectivity index (χ0) is 25.3. The summed E-state index contributed by atoms with van der Waals surface area (Å²) in [5.41, 5.74) is -2.64. The Hall–Kier alpha value is -3.07. The second-order valence-corrected chi connectivity index (χ2v) is 9.43. The molecule has 0 aliphatic carbocycles. The number of fused-ring (bicyclic) bond motifs is 1. The van der Waals surface area contributed by atoms with E-state index >= 15 is 0 Å². The summed E-state index contributed by atoms with van der Waals surface area (Å²) in [5, 5.41) is 23.7. The zero-order valence-corrected chi connectivity index (χ0v) is 20.3. The highest BCUT2D eigenvalue weighted by Gasteiger charge is 2.53. The topological polar surface area (TPSA) is 116 Å². The van der Waals surface area contributed by atoms with Gasteiger partial charge >= 0.3 is 12.1 Å². The number of aliphatic hydroxyl groups is 1. The number of halogens is 2. The first-order valence-corrected chi connectivity index (χ1v) is 11.1. The number of carboxylic acid groups (broad SMARTS) is 1. The summed E-state index contributed by atoms with van der Waals surface area (Å²) in [7, 11) is 0. The van der Waals surface area contributed by atoms with Crippen molar-refractivity contribution < 1.29 is 29.3 Å². The van der Waals surface area contributed by atoms with Gasteiger partial charge in [0.05, 0.1) is 16.3 Å². The van der Waals surface area contributed by atoms with Crippen molar-refractivity contribution >= 4 is 46.9 Å². The van der Waals surface area contributed by atoms with Crippen LogP contribution in [0.3, 0.4) is 0 Å². The predicted molar refractivity (Wildman–Crippen MR) is 129 cm³/mol. The van der Waals surface area contributed by atoms with E-state index in [0.29, 0.717) is 0 Å². The number of carboxylic acids is 1. The number of carbonyl (C=O) groups excluding carboxylic acids is 2. The SMILES string of the molecule is CC(C)(C)OC(=O)NCC=CCN1C(=O)C(O)(c2ccccc2Cl)c2c(Cl)cc(C(=O)O)cc21. The van der Waals surface area contributed by atoms with Gasteiger partial charge in [0.25, 0.3) is 5.91 Å². The number of benzene rings is 2. The van der Waals surface area contributed by atoms with E-state index in [4.69, 9.17) is 27.9 Å². The molecule has 0 aromatic heterocycles. The lowest BCUT2D eigenvalue weighted by molar-refractivity contribution is -0.132. The number of nitrogens with zero attached hydrogens (tertiary/aromatic N) is 1. The fourth-order valence-electron chi connectivity index (χ4n) is 3.60. The van der Waals surface area contributed by atoms with Crippen LogP contribution in [0.4, 0.5) is 10.5 Å². The van der Waals surface area contributed by atoms with Gasteiger partial charge in [-0.2, -0.15) is 0 Å². The van der Waals surface area contributed by atoms with Crippen molar-refractivity contribution in [3.8, 4) is 0 Å². The maximum absolute atomic E-state index is 13.5. The van der Waals surface area contributed by atoms with Crippen LogP contribution in [0, 0.1) is 0 Å². The molecule has 2 aromatic carbocycles. The molecule has 0 saturated carbocycles. The van der Waals surface area contributed by atoms with Gasteiger partial charge in [-0.15, -0.1) is 0 Å². The number of hydrogen-bond acceptors (Lipinski definition) is 5. The van der Waals surface area contributed by atoms with Gasteiger partial charge in [0, 0.05) is 29.2 Å². The molecule has 1 aliphatic heterocycles. The van der Waals surface area contributed by atoms with Crippen LogP contribution in [-0.4, -0.2) is 46.9 Å². The maximum atomic E-state index is 13.5. The lowest BCUT2D eigenvalue weighted by Crippen LogP contribution is -2.41. The van der Waals surface area contributed by atoms with Crippen molar-refractivity contribution in [2.24, 2.45) is 0 Å². The van der Waals surface area contributed by atoms with E-state index in [1.165, 1.54) is 29.2 Å². The zero-order valence-electron chi connectivity index (χ0n) is 18.8. The Bertz CT molecular complexity index is 1170. The molecular formula is C24H24Cl2N2O6. The second kappa shape index (κ2) is 9.66. The molecule has 2 amide bonds. The molecule has 0 saturated heterocycles. The first-order valence-electron chi connectivity index (χ1n) is 10.3. The van der Waals surface area contributed by atoms with Gasteiger partial charge < -0.3 is 25.2 Å². The fraction of sp³-hybridized carbons (Fsp3) is 0.292. The number of hydrogen-bond donors (Lipinski definition) is 3. The number of nitrogens with one attached hydrogen (secondary N) is 1. The molecule has 2 aromatic rings. The monoisotopic (exact) mass is 506 g/mol. The minimum Gasteiger partial charge on any atom is -0.478 e. The summed E-state index contributed by atoms with van der Waals surface area (Å²) < 4.78 is 5.15. The van der Waals surface area contributed by atoms with Gasteiger partial charge in [-0.05, 0) is 39.0 Å². The first-order chi connectivity index (χ1) is 15.9. The summed E-state index contributed by atoms with van der Waals surface area (Å²) in [6, 6.07) is 8.78. The van der Waals surface area contributed by atoms with Gasteiger partial charge in [-0.1, -0.05) is 53.6 Å². The molecule has 0 bridgehead atoms. The van der Waals surface area contributed by atoms with E-state index in [1.807, 2.05) is 0 Å². The number of alkyl carbamates (subject to hydrolysis) is 1. The third-order valence-electron chi connectivity index (χ3n) is 5.01. The molecule has 3 N–H and O–H groups in total. The van der Waals surface area contributed by atoms with Gasteiger partial charge in [0.15, 0.2) is 5.60 Å². The molecule has 0 fully saturated rings. The Balaban J connectivity index is 1.92. The molecule has 1 heterocycles. The molecule has 0 spiro atoms. The molecule has 34 heavy (non-hydrogen) atoms. The average Bonchev–Trinajstić information content (AvgIpc) is 2.95. The minimum atomic E-state index is -2.20. The number of carbonyl (C=O) groups is 3. The lowest BCUT2D eigenvalue weighted by atomic mass is 9.87. The Morgan fingerprint density at radius 2 is 1.82 bits per heavy atom. The quantitative estimate of drug-likeness (QED) is 0.501. The van der Waals surface area contributed by atoms with Crippen molar-refractivity contribution in [3.05, 3.63) is 75.3 Å². The first kappa shape index (κ1) is 25.6.